The van der Waals surface area contributed by atoms with Crippen LogP contribution in [0, 0.1) is 0 Å². The molecular formula is C40H29N5. The Labute approximate surface area is 261 Å². The number of fused-ring (bicyclic) bond motifs is 5. The van der Waals surface area contributed by atoms with Crippen LogP contribution in [0.3, 0.4) is 0 Å². The Morgan fingerprint density at radius 1 is 0.533 bits per heavy atom. The largest absolute Gasteiger partial charge is 0.318 e. The molecule has 5 aromatic carbocycles. The third-order valence-electron chi connectivity index (χ3n) is 9.15. The molecule has 0 fully saturated rings. The molecule has 0 unspecified atom stereocenters. The van der Waals surface area contributed by atoms with Crippen LogP contribution < -0.4 is 0 Å². The van der Waals surface area contributed by atoms with E-state index in [0.717, 1.165) is 16.7 Å². The molecule has 8 aromatic rings. The second-order valence-electron chi connectivity index (χ2n) is 12.2. The number of rotatable bonds is 4. The molecule has 0 radical (unpaired) electrons. The van der Waals surface area contributed by atoms with Crippen LogP contribution in [-0.4, -0.2) is 24.1 Å². The standard InChI is InChI=1S/C40H29N5/c1-40(2)32-20-12-19-30-31-25-28(39-42-37(26-13-6-3-7-14-26)41-38(43-39)27-15-8-4-9-16-27)21-22-33(31)45(35(30)32)34-23-24-44(36(34)40)29-17-10-5-11-18-29/h3-25H,1-2H3. The highest BCUT2D eigenvalue weighted by atomic mass is 15.1. The van der Waals surface area contributed by atoms with Gasteiger partial charge in [0.15, 0.2) is 17.5 Å². The van der Waals surface area contributed by atoms with Gasteiger partial charge in [-0.15, -0.1) is 0 Å². The summed E-state index contributed by atoms with van der Waals surface area (Å²) in [5.74, 6) is 1.99. The average molecular weight is 580 g/mol. The molecule has 0 spiro atoms. The van der Waals surface area contributed by atoms with Crippen LogP contribution in [0.15, 0.2) is 140 Å². The lowest BCUT2D eigenvalue weighted by atomic mass is 9.78. The van der Waals surface area contributed by atoms with Gasteiger partial charge in [0.25, 0.3) is 0 Å². The second-order valence-corrected chi connectivity index (χ2v) is 12.2. The van der Waals surface area contributed by atoms with E-state index in [1.165, 1.54) is 44.4 Å². The molecule has 0 amide bonds. The third kappa shape index (κ3) is 3.84. The summed E-state index contributed by atoms with van der Waals surface area (Å²) in [6.45, 7) is 4.68. The van der Waals surface area contributed by atoms with Crippen LogP contribution in [0.25, 0.3) is 67.3 Å². The molecule has 4 heterocycles. The Kier molecular flexibility index (Phi) is 5.47. The summed E-state index contributed by atoms with van der Waals surface area (Å²) >= 11 is 0. The van der Waals surface area contributed by atoms with Crippen molar-refractivity contribution < 1.29 is 0 Å². The number of aromatic nitrogens is 5. The van der Waals surface area contributed by atoms with E-state index in [-0.39, 0.29) is 5.41 Å². The van der Waals surface area contributed by atoms with Gasteiger partial charge >= 0.3 is 0 Å². The van der Waals surface area contributed by atoms with Gasteiger partial charge in [0.2, 0.25) is 0 Å². The number of hydrogen-bond donors (Lipinski definition) is 0. The maximum atomic E-state index is 5.01. The van der Waals surface area contributed by atoms with E-state index in [1.807, 2.05) is 60.7 Å². The minimum atomic E-state index is -0.204. The quantitative estimate of drug-likeness (QED) is 0.209. The van der Waals surface area contributed by atoms with Crippen LogP contribution >= 0.6 is 0 Å². The van der Waals surface area contributed by atoms with E-state index < -0.39 is 0 Å². The minimum absolute atomic E-state index is 0.204. The predicted molar refractivity (Wildman–Crippen MR) is 182 cm³/mol. The van der Waals surface area contributed by atoms with Crippen molar-refractivity contribution in [3.05, 3.63) is 151 Å². The molecule has 45 heavy (non-hydrogen) atoms. The predicted octanol–water partition coefficient (Wildman–Crippen LogP) is 9.40. The number of hydrogen-bond acceptors (Lipinski definition) is 3. The Hall–Kier alpha value is -5.81. The minimum Gasteiger partial charge on any atom is -0.318 e. The van der Waals surface area contributed by atoms with Crippen LogP contribution in [-0.2, 0) is 5.41 Å². The van der Waals surface area contributed by atoms with E-state index in [9.17, 15) is 0 Å². The van der Waals surface area contributed by atoms with Gasteiger partial charge in [-0.3, -0.25) is 0 Å². The molecular weight excluding hydrogens is 550 g/mol. The van der Waals surface area contributed by atoms with E-state index >= 15 is 0 Å². The zero-order valence-corrected chi connectivity index (χ0v) is 25.0. The van der Waals surface area contributed by atoms with E-state index in [0.29, 0.717) is 17.5 Å². The summed E-state index contributed by atoms with van der Waals surface area (Å²) in [7, 11) is 0. The molecule has 214 valence electrons. The first-order valence-electron chi connectivity index (χ1n) is 15.3. The molecule has 0 saturated heterocycles. The highest BCUT2D eigenvalue weighted by molar-refractivity contribution is 6.12. The lowest BCUT2D eigenvalue weighted by Crippen LogP contribution is -2.28. The monoisotopic (exact) mass is 579 g/mol. The summed E-state index contributed by atoms with van der Waals surface area (Å²) in [5.41, 5.74) is 10.1. The first-order valence-corrected chi connectivity index (χ1v) is 15.3. The van der Waals surface area contributed by atoms with E-state index in [4.69, 9.17) is 15.0 Å². The van der Waals surface area contributed by atoms with Gasteiger partial charge in [0.05, 0.1) is 22.4 Å². The van der Waals surface area contributed by atoms with Gasteiger partial charge in [-0.05, 0) is 42.0 Å². The molecule has 0 aliphatic carbocycles. The van der Waals surface area contributed by atoms with Gasteiger partial charge in [-0.2, -0.15) is 0 Å². The van der Waals surface area contributed by atoms with Gasteiger partial charge in [0.1, 0.15) is 0 Å². The molecule has 1 aliphatic heterocycles. The maximum absolute atomic E-state index is 5.01. The zero-order chi connectivity index (χ0) is 30.1. The van der Waals surface area contributed by atoms with Crippen molar-refractivity contribution in [1.29, 1.82) is 0 Å². The summed E-state index contributed by atoms with van der Waals surface area (Å²) in [6.07, 6.45) is 2.21. The lowest BCUT2D eigenvalue weighted by molar-refractivity contribution is 0.593. The van der Waals surface area contributed by atoms with Gasteiger partial charge in [-0.25, -0.2) is 15.0 Å². The number of para-hydroxylation sites is 2. The molecule has 0 bridgehead atoms. The first-order chi connectivity index (χ1) is 22.1. The van der Waals surface area contributed by atoms with Crippen molar-refractivity contribution in [3.8, 4) is 45.5 Å². The summed E-state index contributed by atoms with van der Waals surface area (Å²) < 4.78 is 4.79. The highest BCUT2D eigenvalue weighted by Gasteiger charge is 2.38. The first kappa shape index (κ1) is 25.7. The molecule has 0 saturated carbocycles. The third-order valence-corrected chi connectivity index (χ3v) is 9.15. The van der Waals surface area contributed by atoms with Gasteiger partial charge in [-0.1, -0.05) is 111 Å². The summed E-state index contributed by atoms with van der Waals surface area (Å²) in [5, 5.41) is 2.42. The fraction of sp³-hybridized carbons (Fsp3) is 0.0750. The fourth-order valence-electron chi connectivity index (χ4n) is 7.06. The molecule has 0 atom stereocenters. The molecule has 3 aromatic heterocycles. The van der Waals surface area contributed by atoms with Crippen LogP contribution in [0.5, 0.6) is 0 Å². The summed E-state index contributed by atoms with van der Waals surface area (Å²) in [4.78, 5) is 14.9. The van der Waals surface area contributed by atoms with Gasteiger partial charge < -0.3 is 9.13 Å². The topological polar surface area (TPSA) is 48.5 Å². The van der Waals surface area contributed by atoms with Crippen molar-refractivity contribution >= 4 is 21.8 Å². The molecule has 1 aliphatic rings. The zero-order valence-electron chi connectivity index (χ0n) is 25.0. The average Bonchev–Trinajstić information content (AvgIpc) is 3.69. The van der Waals surface area contributed by atoms with Crippen LogP contribution in [0.1, 0.15) is 25.1 Å². The molecule has 5 heteroatoms. The fourth-order valence-corrected chi connectivity index (χ4v) is 7.06. The normalized spacial score (nSPS) is 13.3. The van der Waals surface area contributed by atoms with E-state index in [1.54, 1.807) is 0 Å². The van der Waals surface area contributed by atoms with Crippen LogP contribution in [0.2, 0.25) is 0 Å². The smallest absolute Gasteiger partial charge is 0.164 e. The maximum Gasteiger partial charge on any atom is 0.164 e. The van der Waals surface area contributed by atoms with Crippen LogP contribution in [0.4, 0.5) is 0 Å². The second kappa shape index (κ2) is 9.60. The van der Waals surface area contributed by atoms with Crippen molar-refractivity contribution in [3.63, 3.8) is 0 Å². The highest BCUT2D eigenvalue weighted by Crippen LogP contribution is 2.48. The Morgan fingerprint density at radius 3 is 1.78 bits per heavy atom. The Morgan fingerprint density at radius 2 is 1.13 bits per heavy atom. The molecule has 5 nitrogen and oxygen atoms in total. The van der Waals surface area contributed by atoms with Crippen molar-refractivity contribution in [2.24, 2.45) is 0 Å². The lowest BCUT2D eigenvalue weighted by Gasteiger charge is -2.34. The van der Waals surface area contributed by atoms with E-state index in [2.05, 4.69) is 102 Å². The van der Waals surface area contributed by atoms with Crippen molar-refractivity contribution in [2.75, 3.05) is 0 Å². The van der Waals surface area contributed by atoms with Crippen molar-refractivity contribution in [1.82, 2.24) is 24.1 Å². The van der Waals surface area contributed by atoms with Crippen molar-refractivity contribution in [2.45, 2.75) is 19.3 Å². The molecule has 9 rings (SSSR count). The molecule has 0 N–H and O–H groups in total. The summed E-state index contributed by atoms with van der Waals surface area (Å²) in [6, 6.07) is 46.5. The Bertz CT molecular complexity index is 2330. The van der Waals surface area contributed by atoms with Gasteiger partial charge in [0, 0.05) is 44.8 Å². The SMILES string of the molecule is CC1(C)c2cccc3c4cc(-c5nc(-c6ccccc6)nc(-c6ccccc6)n5)ccc4n(c23)-c2ccn(-c3ccccc3)c21. The number of nitrogens with zero attached hydrogens (tertiary/aromatic N) is 5. The Balaban J connectivity index is 1.28. The number of benzene rings is 5.